The van der Waals surface area contributed by atoms with Gasteiger partial charge < -0.3 is 10.1 Å². The van der Waals surface area contributed by atoms with Gasteiger partial charge >= 0.3 is 0 Å². The Balaban J connectivity index is 1.76. The van der Waals surface area contributed by atoms with Crippen LogP contribution >= 0.6 is 11.6 Å². The average molecular weight is 433 g/mol. The van der Waals surface area contributed by atoms with Crippen molar-refractivity contribution in [3.63, 3.8) is 0 Å². The lowest BCUT2D eigenvalue weighted by Crippen LogP contribution is -2.15. The normalized spacial score (nSPS) is 11.0. The van der Waals surface area contributed by atoms with E-state index in [2.05, 4.69) is 20.0 Å². The number of ether oxygens (including phenoxy) is 1. The number of aromatic nitrogens is 2. The van der Waals surface area contributed by atoms with Crippen LogP contribution in [0.15, 0.2) is 61.1 Å². The van der Waals surface area contributed by atoms with Crippen LogP contribution < -0.4 is 14.8 Å². The number of nitrogens with zero attached hydrogens (tertiary/aromatic N) is 2. The zero-order valence-electron chi connectivity index (χ0n) is 15.3. The monoisotopic (exact) mass is 432 g/mol. The van der Waals surface area contributed by atoms with E-state index in [9.17, 15) is 13.2 Å². The van der Waals surface area contributed by atoms with E-state index in [0.29, 0.717) is 5.75 Å². The van der Waals surface area contributed by atoms with Crippen molar-refractivity contribution in [2.24, 2.45) is 0 Å². The number of carbonyl (C=O) groups excluding carboxylic acids is 1. The fourth-order valence-electron chi connectivity index (χ4n) is 2.37. The van der Waals surface area contributed by atoms with Crippen molar-refractivity contribution >= 4 is 39.0 Å². The summed E-state index contributed by atoms with van der Waals surface area (Å²) in [6, 6.07) is 11.3. The molecule has 8 nitrogen and oxygen atoms in total. The molecule has 3 aromatic rings. The molecular formula is C19H17ClN4O4S. The van der Waals surface area contributed by atoms with Crippen LogP contribution in [0, 0.1) is 0 Å². The number of pyridine rings is 2. The third kappa shape index (κ3) is 5.90. The molecule has 0 unspecified atom stereocenters. The molecule has 2 N–H and O–H groups in total. The third-order valence-corrected chi connectivity index (χ3v) is 4.59. The molecule has 0 radical (unpaired) electrons. The maximum absolute atomic E-state index is 12.6. The number of anilines is 2. The van der Waals surface area contributed by atoms with Crippen molar-refractivity contribution in [2.45, 2.75) is 6.61 Å². The Kier molecular flexibility index (Phi) is 6.30. The molecule has 3 rings (SSSR count). The summed E-state index contributed by atoms with van der Waals surface area (Å²) in [7, 11) is -3.54. The van der Waals surface area contributed by atoms with Crippen LogP contribution in [0.3, 0.4) is 0 Å². The molecule has 2 heterocycles. The standard InChI is InChI=1S/C19H17ClN4O4S/c1-29(26,27)24-16-11-14(4-5-15(16)20)19(25)23-18-17(3-2-8-22-18)28-12-13-6-9-21-10-7-13/h2-11,24H,12H2,1H3,(H,22,23,25). The Hall–Kier alpha value is -3.17. The van der Waals surface area contributed by atoms with Gasteiger partial charge in [0.1, 0.15) is 6.61 Å². The van der Waals surface area contributed by atoms with Crippen molar-refractivity contribution < 1.29 is 17.9 Å². The van der Waals surface area contributed by atoms with Crippen molar-refractivity contribution in [3.05, 3.63) is 77.2 Å². The number of benzene rings is 1. The van der Waals surface area contributed by atoms with Crippen LogP contribution in [-0.4, -0.2) is 30.5 Å². The number of hydrogen-bond acceptors (Lipinski definition) is 6. The maximum atomic E-state index is 12.6. The summed E-state index contributed by atoms with van der Waals surface area (Å²) in [5.74, 6) is 0.130. The molecule has 1 aromatic carbocycles. The van der Waals surface area contributed by atoms with E-state index >= 15 is 0 Å². The van der Waals surface area contributed by atoms with Crippen LogP contribution in [-0.2, 0) is 16.6 Å². The Morgan fingerprint density at radius 3 is 2.62 bits per heavy atom. The van der Waals surface area contributed by atoms with Gasteiger partial charge in [0, 0.05) is 24.2 Å². The van der Waals surface area contributed by atoms with Crippen molar-refractivity contribution in [1.82, 2.24) is 9.97 Å². The lowest BCUT2D eigenvalue weighted by Gasteiger charge is -2.12. The number of amides is 1. The van der Waals surface area contributed by atoms with Gasteiger partial charge in [0.05, 0.1) is 17.0 Å². The molecule has 0 saturated carbocycles. The average Bonchev–Trinajstić information content (AvgIpc) is 2.68. The van der Waals surface area contributed by atoms with Crippen LogP contribution in [0.1, 0.15) is 15.9 Å². The van der Waals surface area contributed by atoms with Gasteiger partial charge in [-0.1, -0.05) is 11.6 Å². The van der Waals surface area contributed by atoms with Gasteiger partial charge in [-0.05, 0) is 48.0 Å². The first-order chi connectivity index (χ1) is 13.8. The van der Waals surface area contributed by atoms with Crippen LogP contribution in [0.5, 0.6) is 5.75 Å². The predicted octanol–water partition coefficient (Wildman–Crippen LogP) is 3.33. The molecule has 0 bridgehead atoms. The van der Waals surface area contributed by atoms with E-state index in [1.54, 1.807) is 24.5 Å². The van der Waals surface area contributed by atoms with Crippen molar-refractivity contribution in [2.75, 3.05) is 16.3 Å². The van der Waals surface area contributed by atoms with Gasteiger partial charge in [-0.15, -0.1) is 0 Å². The van der Waals surface area contributed by atoms with Crippen molar-refractivity contribution in [3.8, 4) is 5.75 Å². The topological polar surface area (TPSA) is 110 Å². The van der Waals surface area contributed by atoms with E-state index in [4.69, 9.17) is 16.3 Å². The first kappa shape index (κ1) is 20.6. The van der Waals surface area contributed by atoms with Crippen LogP contribution in [0.25, 0.3) is 0 Å². The molecule has 29 heavy (non-hydrogen) atoms. The highest BCUT2D eigenvalue weighted by atomic mass is 35.5. The largest absolute Gasteiger partial charge is 0.485 e. The number of nitrogens with one attached hydrogen (secondary N) is 2. The lowest BCUT2D eigenvalue weighted by molar-refractivity contribution is 0.102. The Labute approximate surface area is 173 Å². The predicted molar refractivity (Wildman–Crippen MR) is 111 cm³/mol. The van der Waals surface area contributed by atoms with E-state index in [1.165, 1.54) is 24.4 Å². The molecule has 0 aliphatic carbocycles. The van der Waals surface area contributed by atoms with Gasteiger partial charge in [0.25, 0.3) is 5.91 Å². The minimum atomic E-state index is -3.54. The fourth-order valence-corrected chi connectivity index (χ4v) is 3.15. The van der Waals surface area contributed by atoms with Gasteiger partial charge in [-0.3, -0.25) is 14.5 Å². The smallest absolute Gasteiger partial charge is 0.256 e. The molecule has 0 atom stereocenters. The molecule has 0 aliphatic heterocycles. The molecule has 1 amide bonds. The minimum absolute atomic E-state index is 0.108. The van der Waals surface area contributed by atoms with Crippen LogP contribution in [0.2, 0.25) is 5.02 Å². The summed E-state index contributed by atoms with van der Waals surface area (Å²) < 4.78 is 30.9. The number of hydrogen-bond donors (Lipinski definition) is 2. The molecule has 150 valence electrons. The van der Waals surface area contributed by atoms with E-state index < -0.39 is 15.9 Å². The number of sulfonamides is 1. The highest BCUT2D eigenvalue weighted by molar-refractivity contribution is 7.92. The lowest BCUT2D eigenvalue weighted by atomic mass is 10.2. The maximum Gasteiger partial charge on any atom is 0.256 e. The summed E-state index contributed by atoms with van der Waals surface area (Å²) in [6.07, 6.45) is 5.84. The highest BCUT2D eigenvalue weighted by Gasteiger charge is 2.14. The van der Waals surface area contributed by atoms with E-state index in [1.807, 2.05) is 12.1 Å². The second-order valence-electron chi connectivity index (χ2n) is 6.02. The summed E-state index contributed by atoms with van der Waals surface area (Å²) in [5.41, 5.74) is 1.22. The molecule has 0 fully saturated rings. The summed E-state index contributed by atoms with van der Waals surface area (Å²) in [5, 5.41) is 2.84. The van der Waals surface area contributed by atoms with Gasteiger partial charge in [-0.2, -0.15) is 0 Å². The molecule has 0 spiro atoms. The van der Waals surface area contributed by atoms with Crippen LogP contribution in [0.4, 0.5) is 11.5 Å². The van der Waals surface area contributed by atoms with E-state index in [-0.39, 0.29) is 28.7 Å². The third-order valence-electron chi connectivity index (χ3n) is 3.67. The first-order valence-electron chi connectivity index (χ1n) is 8.37. The summed E-state index contributed by atoms with van der Waals surface area (Å²) >= 11 is 6.00. The highest BCUT2D eigenvalue weighted by Crippen LogP contribution is 2.26. The quantitative estimate of drug-likeness (QED) is 0.592. The fraction of sp³-hybridized carbons (Fsp3) is 0.105. The SMILES string of the molecule is CS(=O)(=O)Nc1cc(C(=O)Nc2ncccc2OCc2ccncc2)ccc1Cl. The zero-order valence-corrected chi connectivity index (χ0v) is 16.9. The van der Waals surface area contributed by atoms with Gasteiger partial charge in [-0.25, -0.2) is 13.4 Å². The van der Waals surface area contributed by atoms with Gasteiger partial charge in [0.2, 0.25) is 10.0 Å². The molecule has 0 saturated heterocycles. The second kappa shape index (κ2) is 8.89. The first-order valence-corrected chi connectivity index (χ1v) is 10.6. The Morgan fingerprint density at radius 2 is 1.90 bits per heavy atom. The Morgan fingerprint density at radius 1 is 1.14 bits per heavy atom. The molecule has 2 aromatic heterocycles. The number of halogens is 1. The second-order valence-corrected chi connectivity index (χ2v) is 8.17. The minimum Gasteiger partial charge on any atom is -0.485 e. The van der Waals surface area contributed by atoms with E-state index in [0.717, 1.165) is 11.8 Å². The zero-order chi connectivity index (χ0) is 20.9. The summed E-state index contributed by atoms with van der Waals surface area (Å²) in [4.78, 5) is 20.7. The molecule has 0 aliphatic rings. The number of carbonyl (C=O) groups is 1. The molecule has 10 heteroatoms. The number of rotatable bonds is 7. The molecular weight excluding hydrogens is 416 g/mol. The summed E-state index contributed by atoms with van der Waals surface area (Å²) in [6.45, 7) is 0.278. The van der Waals surface area contributed by atoms with Gasteiger partial charge in [0.15, 0.2) is 11.6 Å². The Bertz CT molecular complexity index is 1120. The van der Waals surface area contributed by atoms with Crippen molar-refractivity contribution in [1.29, 1.82) is 0 Å².